The fourth-order valence-corrected chi connectivity index (χ4v) is 3.22. The lowest BCUT2D eigenvalue weighted by atomic mass is 9.92. The first-order chi connectivity index (χ1) is 17.2. The maximum atomic E-state index is 13.8. The molecule has 2 atom stereocenters. The van der Waals surface area contributed by atoms with Gasteiger partial charge in [0, 0.05) is 37.8 Å². The molecule has 0 spiro atoms. The highest BCUT2D eigenvalue weighted by atomic mass is 19.1. The second-order valence-corrected chi connectivity index (χ2v) is 8.15. The molecule has 36 heavy (non-hydrogen) atoms. The van der Waals surface area contributed by atoms with Crippen molar-refractivity contribution in [2.45, 2.75) is 50.9 Å². The number of aliphatic hydroxyl groups is 1. The van der Waals surface area contributed by atoms with Crippen molar-refractivity contribution in [1.29, 1.82) is 0 Å². The smallest absolute Gasteiger partial charge is 0.207 e. The van der Waals surface area contributed by atoms with Gasteiger partial charge in [-0.2, -0.15) is 0 Å². The van der Waals surface area contributed by atoms with Crippen molar-refractivity contribution in [3.05, 3.63) is 41.2 Å². The van der Waals surface area contributed by atoms with Crippen molar-refractivity contribution in [3.8, 4) is 0 Å². The number of hydrogen-bond acceptors (Lipinski definition) is 8. The molecule has 2 rings (SSSR count). The highest BCUT2D eigenvalue weighted by Crippen LogP contribution is 2.25. The van der Waals surface area contributed by atoms with Gasteiger partial charge in [0.05, 0.1) is 26.4 Å². The number of benzene rings is 1. The van der Waals surface area contributed by atoms with Crippen LogP contribution in [0.2, 0.25) is 0 Å². The lowest BCUT2D eigenvalue weighted by Crippen LogP contribution is -2.58. The molecular weight excluding hydrogens is 478 g/mol. The van der Waals surface area contributed by atoms with Gasteiger partial charge < -0.3 is 25.6 Å². The number of carbonyl (C=O) groups excluding carboxylic acids is 2. The number of aromatic nitrogens is 3. The van der Waals surface area contributed by atoms with Gasteiger partial charge in [0.2, 0.25) is 6.41 Å². The molecule has 2 unspecified atom stereocenters. The van der Waals surface area contributed by atoms with E-state index in [2.05, 4.69) is 20.9 Å². The number of nitrogens with zero attached hydrogens (tertiary/aromatic N) is 2. The number of H-pyrrole nitrogens is 1. The number of hydrogen-bond donors (Lipinski definition) is 5. The number of rotatable bonds is 17. The normalized spacial score (nSPS) is 13.4. The zero-order valence-electron chi connectivity index (χ0n) is 21.1. The summed E-state index contributed by atoms with van der Waals surface area (Å²) in [5.74, 6) is -1.20. The van der Waals surface area contributed by atoms with Gasteiger partial charge in [-0.15, -0.1) is 5.10 Å². The number of unbranched alkanes of at least 4 members (excludes halogenated alkanes) is 1. The first-order valence-corrected chi connectivity index (χ1v) is 11.6. The summed E-state index contributed by atoms with van der Waals surface area (Å²) in [5.41, 5.74) is 5.18. The van der Waals surface area contributed by atoms with Crippen LogP contribution in [0, 0.1) is 11.6 Å². The molecule has 0 radical (unpaired) electrons. The number of methoxy groups -OCH3 is 1. The third kappa shape index (κ3) is 10.5. The molecular formula is C23H38F2N6O5. The van der Waals surface area contributed by atoms with Gasteiger partial charge in [0.1, 0.15) is 17.3 Å². The Morgan fingerprint density at radius 1 is 1.39 bits per heavy atom. The van der Waals surface area contributed by atoms with Crippen LogP contribution in [0.5, 0.6) is 0 Å². The summed E-state index contributed by atoms with van der Waals surface area (Å²) in [4.78, 5) is 21.6. The minimum Gasteiger partial charge on any atom is -0.396 e. The van der Waals surface area contributed by atoms with Crippen molar-refractivity contribution in [2.24, 2.45) is 5.73 Å². The fraction of sp³-hybridized carbons (Fsp3) is 0.609. The van der Waals surface area contributed by atoms with Crippen LogP contribution in [0.1, 0.15) is 43.5 Å². The number of aliphatic hydroxyl groups excluding tert-OH is 1. The number of nitrogens with two attached hydrogens (primary N) is 1. The van der Waals surface area contributed by atoms with E-state index < -0.39 is 17.3 Å². The second-order valence-electron chi connectivity index (χ2n) is 8.15. The molecule has 6 N–H and O–H groups in total. The molecule has 2 aromatic rings. The number of likely N-dealkylation sites (N-methyl/N-ethyl adjacent to an activating group) is 1. The third-order valence-corrected chi connectivity index (χ3v) is 5.49. The van der Waals surface area contributed by atoms with E-state index in [1.54, 1.807) is 18.8 Å². The number of carbonyl (C=O) groups is 2. The summed E-state index contributed by atoms with van der Waals surface area (Å²) in [7, 11) is 3.20. The molecule has 1 amide bonds. The number of aromatic amines is 1. The Bertz CT molecular complexity index is 909. The Hall–Kier alpha value is -2.71. The lowest BCUT2D eigenvalue weighted by molar-refractivity contribution is -0.123. The van der Waals surface area contributed by atoms with E-state index in [4.69, 9.17) is 20.3 Å². The van der Waals surface area contributed by atoms with Gasteiger partial charge >= 0.3 is 0 Å². The molecule has 11 nitrogen and oxygen atoms in total. The first-order valence-electron chi connectivity index (χ1n) is 11.6. The molecule has 0 aliphatic heterocycles. The van der Waals surface area contributed by atoms with E-state index in [9.17, 15) is 18.4 Å². The van der Waals surface area contributed by atoms with Crippen LogP contribution >= 0.6 is 0 Å². The zero-order chi connectivity index (χ0) is 27.0. The summed E-state index contributed by atoms with van der Waals surface area (Å²) in [6.45, 7) is 3.42. The maximum Gasteiger partial charge on any atom is 0.207 e. The summed E-state index contributed by atoms with van der Waals surface area (Å²) in [6, 6.07) is 3.32. The first kappa shape index (κ1) is 31.3. The van der Waals surface area contributed by atoms with Gasteiger partial charge in [0.15, 0.2) is 11.6 Å². The Kier molecular flexibility index (Phi) is 14.7. The van der Waals surface area contributed by atoms with Crippen LogP contribution in [0.15, 0.2) is 18.2 Å². The Morgan fingerprint density at radius 3 is 2.67 bits per heavy atom. The predicted octanol–water partition coefficient (Wildman–Crippen LogP) is 0.795. The van der Waals surface area contributed by atoms with Crippen molar-refractivity contribution in [3.63, 3.8) is 0 Å². The van der Waals surface area contributed by atoms with E-state index >= 15 is 0 Å². The molecule has 0 bridgehead atoms. The molecule has 0 fully saturated rings. The monoisotopic (exact) mass is 516 g/mol. The molecule has 0 saturated heterocycles. The van der Waals surface area contributed by atoms with Gasteiger partial charge in [-0.3, -0.25) is 19.6 Å². The van der Waals surface area contributed by atoms with Gasteiger partial charge in [-0.05, 0) is 39.3 Å². The average Bonchev–Trinajstić information content (AvgIpc) is 2.83. The van der Waals surface area contributed by atoms with Crippen LogP contribution in [0.25, 0.3) is 0 Å². The van der Waals surface area contributed by atoms with E-state index in [-0.39, 0.29) is 43.5 Å². The lowest BCUT2D eigenvalue weighted by Gasteiger charge is -2.32. The average molecular weight is 517 g/mol. The molecule has 204 valence electrons. The van der Waals surface area contributed by atoms with E-state index in [0.29, 0.717) is 31.9 Å². The van der Waals surface area contributed by atoms with E-state index in [0.717, 1.165) is 18.9 Å². The molecule has 1 heterocycles. The summed E-state index contributed by atoms with van der Waals surface area (Å²) in [6.07, 6.45) is 2.52. The SMILES string of the molecule is CNC(N)(CC(COCc1ccc(F)cc1F)c1n[nH]n1CCOC)C(C)=O.O=CNCCCCO. The topological polar surface area (TPSA) is 157 Å². The Balaban J connectivity index is 0.000000697. The number of ketones is 1. The number of ether oxygens (including phenoxy) is 2. The third-order valence-electron chi connectivity index (χ3n) is 5.49. The summed E-state index contributed by atoms with van der Waals surface area (Å²) >= 11 is 0. The summed E-state index contributed by atoms with van der Waals surface area (Å²) < 4.78 is 39.3. The minimum absolute atomic E-state index is 0.0431. The van der Waals surface area contributed by atoms with Crippen molar-refractivity contribution in [1.82, 2.24) is 25.6 Å². The van der Waals surface area contributed by atoms with Gasteiger partial charge in [0.25, 0.3) is 0 Å². The van der Waals surface area contributed by atoms with Crippen molar-refractivity contribution >= 4 is 12.2 Å². The quantitative estimate of drug-likeness (QED) is 0.117. The standard InChI is InChI=1S/C18H27F2N5O3.C5H11NO2/c1-12(26)18(21,22-2)9-14(17-23-24-25(17)6-7-27-3)11-28-10-13-4-5-15(19)8-16(13)20;7-4-2-1-3-6-5-8/h4-5,8,14,22,24H,6-7,9-11,21H2,1-3H3;5,7H,1-4H2,(H,6,8). The number of amides is 1. The van der Waals surface area contributed by atoms with Crippen LogP contribution in [0.3, 0.4) is 0 Å². The van der Waals surface area contributed by atoms with Crippen LogP contribution in [0.4, 0.5) is 8.78 Å². The molecule has 0 aliphatic carbocycles. The van der Waals surface area contributed by atoms with Gasteiger partial charge in [-0.1, -0.05) is 6.07 Å². The number of halogens is 2. The zero-order valence-corrected chi connectivity index (χ0v) is 21.1. The molecule has 0 saturated carbocycles. The highest BCUT2D eigenvalue weighted by molar-refractivity contribution is 5.85. The molecule has 0 aliphatic rings. The molecule has 1 aromatic carbocycles. The van der Waals surface area contributed by atoms with Crippen molar-refractivity contribution < 1.29 is 33.0 Å². The summed E-state index contributed by atoms with van der Waals surface area (Å²) in [5, 5.41) is 20.6. The van der Waals surface area contributed by atoms with Crippen LogP contribution in [-0.2, 0) is 32.2 Å². The van der Waals surface area contributed by atoms with E-state index in [1.807, 2.05) is 0 Å². The maximum absolute atomic E-state index is 13.8. The van der Waals surface area contributed by atoms with Gasteiger partial charge in [-0.25, -0.2) is 14.0 Å². The number of nitrogens with one attached hydrogen (secondary N) is 3. The minimum atomic E-state index is -1.25. The Morgan fingerprint density at radius 2 is 2.14 bits per heavy atom. The Labute approximate surface area is 209 Å². The van der Waals surface area contributed by atoms with E-state index in [1.165, 1.54) is 19.1 Å². The number of Topliss-reactive ketones (excluding diaryl/α,β-unsaturated/α-hetero) is 1. The predicted molar refractivity (Wildman–Crippen MR) is 129 cm³/mol. The highest BCUT2D eigenvalue weighted by Gasteiger charge is 2.35. The van der Waals surface area contributed by atoms with Crippen LogP contribution in [-0.4, -0.2) is 78.5 Å². The largest absolute Gasteiger partial charge is 0.396 e. The van der Waals surface area contributed by atoms with Crippen LogP contribution < -0.4 is 16.4 Å². The fourth-order valence-electron chi connectivity index (χ4n) is 3.22. The molecule has 1 aromatic heterocycles. The van der Waals surface area contributed by atoms with Crippen molar-refractivity contribution in [2.75, 3.05) is 40.5 Å². The molecule has 13 heteroatoms. The second kappa shape index (κ2) is 16.9.